The summed E-state index contributed by atoms with van der Waals surface area (Å²) in [6.45, 7) is 4.29. The van der Waals surface area contributed by atoms with Crippen LogP contribution in [0.4, 0.5) is 0 Å². The summed E-state index contributed by atoms with van der Waals surface area (Å²) in [5, 5.41) is 3.37. The molecule has 2 unspecified atom stereocenters. The molecule has 1 rings (SSSR count). The van der Waals surface area contributed by atoms with E-state index in [4.69, 9.17) is 9.47 Å². The van der Waals surface area contributed by atoms with Crippen molar-refractivity contribution in [3.8, 4) is 5.75 Å². The van der Waals surface area contributed by atoms with Gasteiger partial charge in [0.25, 0.3) is 0 Å². The number of rotatable bonds is 7. The SMILES string of the molecule is CCCC(OC)C(NC)c1ccc(OC)cc1C. The summed E-state index contributed by atoms with van der Waals surface area (Å²) in [6, 6.07) is 6.42. The highest BCUT2D eigenvalue weighted by Gasteiger charge is 2.22. The summed E-state index contributed by atoms with van der Waals surface area (Å²) in [7, 11) is 5.46. The van der Waals surface area contributed by atoms with Crippen molar-refractivity contribution in [2.24, 2.45) is 0 Å². The Balaban J connectivity index is 3.00. The summed E-state index contributed by atoms with van der Waals surface area (Å²) in [5.41, 5.74) is 2.51. The third-order valence-corrected chi connectivity index (χ3v) is 3.37. The molecule has 2 atom stereocenters. The molecule has 0 spiro atoms. The molecule has 0 fully saturated rings. The van der Waals surface area contributed by atoms with Crippen molar-refractivity contribution >= 4 is 0 Å². The zero-order chi connectivity index (χ0) is 13.5. The minimum atomic E-state index is 0.201. The van der Waals surface area contributed by atoms with Crippen molar-refractivity contribution < 1.29 is 9.47 Å². The Morgan fingerprint density at radius 1 is 1.28 bits per heavy atom. The zero-order valence-corrected chi connectivity index (χ0v) is 12.1. The summed E-state index contributed by atoms with van der Waals surface area (Å²) in [5.74, 6) is 0.899. The van der Waals surface area contributed by atoms with E-state index in [2.05, 4.69) is 31.3 Å². The maximum absolute atomic E-state index is 5.62. The number of hydrogen-bond donors (Lipinski definition) is 1. The number of aryl methyl sites for hydroxylation is 1. The van der Waals surface area contributed by atoms with Crippen molar-refractivity contribution in [1.29, 1.82) is 0 Å². The highest BCUT2D eigenvalue weighted by atomic mass is 16.5. The molecule has 0 radical (unpaired) electrons. The minimum absolute atomic E-state index is 0.201. The van der Waals surface area contributed by atoms with Gasteiger partial charge < -0.3 is 14.8 Å². The molecule has 1 N–H and O–H groups in total. The fourth-order valence-electron chi connectivity index (χ4n) is 2.37. The highest BCUT2D eigenvalue weighted by Crippen LogP contribution is 2.27. The van der Waals surface area contributed by atoms with Gasteiger partial charge in [-0.25, -0.2) is 0 Å². The summed E-state index contributed by atoms with van der Waals surface area (Å²) in [4.78, 5) is 0. The van der Waals surface area contributed by atoms with Gasteiger partial charge in [0, 0.05) is 7.11 Å². The summed E-state index contributed by atoms with van der Waals surface area (Å²) < 4.78 is 10.9. The maximum Gasteiger partial charge on any atom is 0.119 e. The van der Waals surface area contributed by atoms with Crippen molar-refractivity contribution in [3.05, 3.63) is 29.3 Å². The lowest BCUT2D eigenvalue weighted by Gasteiger charge is -2.27. The summed E-state index contributed by atoms with van der Waals surface area (Å²) >= 11 is 0. The first-order valence-corrected chi connectivity index (χ1v) is 6.52. The fourth-order valence-corrected chi connectivity index (χ4v) is 2.37. The van der Waals surface area contributed by atoms with Crippen LogP contribution in [0.2, 0.25) is 0 Å². The van der Waals surface area contributed by atoms with Gasteiger partial charge in [-0.05, 0) is 43.7 Å². The van der Waals surface area contributed by atoms with Crippen LogP contribution >= 0.6 is 0 Å². The zero-order valence-electron chi connectivity index (χ0n) is 12.1. The molecule has 0 amide bonds. The maximum atomic E-state index is 5.62. The summed E-state index contributed by atoms with van der Waals surface area (Å²) in [6.07, 6.45) is 2.37. The molecule has 18 heavy (non-hydrogen) atoms. The molecule has 0 bridgehead atoms. The van der Waals surface area contributed by atoms with Crippen LogP contribution in [0.3, 0.4) is 0 Å². The van der Waals surface area contributed by atoms with Crippen molar-refractivity contribution in [2.75, 3.05) is 21.3 Å². The third-order valence-electron chi connectivity index (χ3n) is 3.37. The largest absolute Gasteiger partial charge is 0.497 e. The Bertz CT molecular complexity index is 366. The number of benzene rings is 1. The van der Waals surface area contributed by atoms with Gasteiger partial charge in [-0.2, -0.15) is 0 Å². The van der Waals surface area contributed by atoms with Gasteiger partial charge in [-0.1, -0.05) is 19.4 Å². The molecular weight excluding hydrogens is 226 g/mol. The van der Waals surface area contributed by atoms with E-state index in [-0.39, 0.29) is 12.1 Å². The number of methoxy groups -OCH3 is 2. The average molecular weight is 251 g/mol. The Hall–Kier alpha value is -1.06. The first-order valence-electron chi connectivity index (χ1n) is 6.52. The van der Waals surface area contributed by atoms with Crippen LogP contribution in [-0.2, 0) is 4.74 Å². The molecule has 1 aromatic carbocycles. The van der Waals surface area contributed by atoms with Gasteiger partial charge in [0.1, 0.15) is 5.75 Å². The van der Waals surface area contributed by atoms with Crippen LogP contribution in [0, 0.1) is 6.92 Å². The Kier molecular flexibility index (Phi) is 6.16. The van der Waals surface area contributed by atoms with Crippen LogP contribution in [0.25, 0.3) is 0 Å². The lowest BCUT2D eigenvalue weighted by molar-refractivity contribution is 0.0628. The van der Waals surface area contributed by atoms with E-state index < -0.39 is 0 Å². The monoisotopic (exact) mass is 251 g/mol. The Morgan fingerprint density at radius 2 is 2.00 bits per heavy atom. The molecule has 0 aliphatic carbocycles. The van der Waals surface area contributed by atoms with Gasteiger partial charge in [0.05, 0.1) is 19.3 Å². The second-order valence-corrected chi connectivity index (χ2v) is 4.55. The van der Waals surface area contributed by atoms with Gasteiger partial charge in [-0.3, -0.25) is 0 Å². The number of likely N-dealkylation sites (N-methyl/N-ethyl adjacent to an activating group) is 1. The molecule has 0 aromatic heterocycles. The average Bonchev–Trinajstić information content (AvgIpc) is 2.39. The lowest BCUT2D eigenvalue weighted by atomic mass is 9.94. The second kappa shape index (κ2) is 7.39. The van der Waals surface area contributed by atoms with Gasteiger partial charge in [-0.15, -0.1) is 0 Å². The van der Waals surface area contributed by atoms with E-state index in [1.165, 1.54) is 11.1 Å². The fraction of sp³-hybridized carbons (Fsp3) is 0.600. The number of hydrogen-bond acceptors (Lipinski definition) is 3. The number of ether oxygens (including phenoxy) is 2. The van der Waals surface area contributed by atoms with E-state index in [0.717, 1.165) is 18.6 Å². The smallest absolute Gasteiger partial charge is 0.119 e. The standard InChI is InChI=1S/C15H25NO2/c1-6-7-14(18-5)15(16-3)13-9-8-12(17-4)10-11(13)2/h8-10,14-16H,6-7H2,1-5H3. The molecule has 0 aliphatic rings. The predicted octanol–water partition coefficient (Wildman–Crippen LogP) is 3.08. The van der Waals surface area contributed by atoms with E-state index >= 15 is 0 Å². The molecule has 0 aliphatic heterocycles. The molecule has 3 heteroatoms. The van der Waals surface area contributed by atoms with E-state index in [9.17, 15) is 0 Å². The topological polar surface area (TPSA) is 30.5 Å². The highest BCUT2D eigenvalue weighted by molar-refractivity contribution is 5.37. The van der Waals surface area contributed by atoms with Crippen molar-refractivity contribution in [3.63, 3.8) is 0 Å². The van der Waals surface area contributed by atoms with Crippen LogP contribution in [0.15, 0.2) is 18.2 Å². The quantitative estimate of drug-likeness (QED) is 0.808. The van der Waals surface area contributed by atoms with Crippen LogP contribution in [-0.4, -0.2) is 27.4 Å². The molecule has 0 saturated heterocycles. The van der Waals surface area contributed by atoms with Crippen molar-refractivity contribution in [2.45, 2.75) is 38.8 Å². The normalized spacial score (nSPS) is 14.3. The van der Waals surface area contributed by atoms with E-state index in [1.54, 1.807) is 14.2 Å². The first-order chi connectivity index (χ1) is 8.67. The molecule has 3 nitrogen and oxygen atoms in total. The molecule has 102 valence electrons. The number of nitrogens with one attached hydrogen (secondary N) is 1. The van der Waals surface area contributed by atoms with Crippen LogP contribution in [0.5, 0.6) is 5.75 Å². The minimum Gasteiger partial charge on any atom is -0.497 e. The van der Waals surface area contributed by atoms with Gasteiger partial charge in [0.2, 0.25) is 0 Å². The second-order valence-electron chi connectivity index (χ2n) is 4.55. The third kappa shape index (κ3) is 3.47. The molecule has 1 aromatic rings. The van der Waals surface area contributed by atoms with Gasteiger partial charge >= 0.3 is 0 Å². The molecule has 0 heterocycles. The van der Waals surface area contributed by atoms with Crippen molar-refractivity contribution in [1.82, 2.24) is 5.32 Å². The van der Waals surface area contributed by atoms with Crippen LogP contribution in [0.1, 0.15) is 36.9 Å². The Morgan fingerprint density at radius 3 is 2.44 bits per heavy atom. The van der Waals surface area contributed by atoms with E-state index in [1.807, 2.05) is 13.1 Å². The Labute approximate surface area is 110 Å². The molecular formula is C15H25NO2. The predicted molar refractivity (Wildman–Crippen MR) is 75.2 cm³/mol. The van der Waals surface area contributed by atoms with E-state index in [0.29, 0.717) is 0 Å². The molecule has 0 saturated carbocycles. The van der Waals surface area contributed by atoms with Gasteiger partial charge in [0.15, 0.2) is 0 Å². The first kappa shape index (κ1) is 15.0. The van der Waals surface area contributed by atoms with Crippen LogP contribution < -0.4 is 10.1 Å². The lowest BCUT2D eigenvalue weighted by Crippen LogP contribution is -2.31.